The molecule has 0 spiro atoms. The molecule has 164 valence electrons. The Bertz CT molecular complexity index is 950. The van der Waals surface area contributed by atoms with Crippen molar-refractivity contribution in [3.8, 4) is 0 Å². The average Bonchev–Trinajstić information content (AvgIpc) is 3.09. The normalized spacial score (nSPS) is 19.5. The van der Waals surface area contributed by atoms with Crippen LogP contribution >= 0.6 is 11.6 Å². The smallest absolute Gasteiger partial charge is 0.331 e. The van der Waals surface area contributed by atoms with Crippen molar-refractivity contribution in [2.24, 2.45) is 5.92 Å². The predicted octanol–water partition coefficient (Wildman–Crippen LogP) is 4.37. The second kappa shape index (κ2) is 9.62. The molecule has 1 aliphatic heterocycles. The number of aromatic nitrogens is 1. The molecule has 0 aliphatic carbocycles. The fraction of sp³-hybridized carbons (Fsp3) is 0.375. The van der Waals surface area contributed by atoms with Gasteiger partial charge in [0.2, 0.25) is 5.91 Å². The van der Waals surface area contributed by atoms with Crippen molar-refractivity contribution in [3.05, 3.63) is 65.0 Å². The van der Waals surface area contributed by atoms with Gasteiger partial charge in [0.15, 0.2) is 0 Å². The molecule has 0 saturated carbocycles. The van der Waals surface area contributed by atoms with E-state index in [1.54, 1.807) is 36.5 Å². The van der Waals surface area contributed by atoms with Crippen LogP contribution in [0.3, 0.4) is 0 Å². The predicted molar refractivity (Wildman–Crippen MR) is 123 cm³/mol. The number of hydrogen-bond donors (Lipinski definition) is 1. The van der Waals surface area contributed by atoms with E-state index in [0.29, 0.717) is 17.3 Å². The second-order valence-corrected chi connectivity index (χ2v) is 9.25. The number of likely N-dealkylation sites (N-methyl/N-ethyl adjacent to an activating group) is 1. The van der Waals surface area contributed by atoms with Crippen LogP contribution in [0.1, 0.15) is 37.9 Å². The SMILES string of the molecule is CN1C[C@H](C(=O)Nc2ccc(Cl)cc2)[C@@H](c2ccc(/C=C/C(=O)OC(C)(C)C)nc2)C1. The first-order chi connectivity index (χ1) is 14.6. The third-order valence-electron chi connectivity index (χ3n) is 4.99. The molecule has 1 fully saturated rings. The van der Waals surface area contributed by atoms with Gasteiger partial charge in [-0.3, -0.25) is 9.78 Å². The van der Waals surface area contributed by atoms with Crippen LogP contribution in [-0.2, 0) is 14.3 Å². The molecule has 1 saturated heterocycles. The van der Waals surface area contributed by atoms with Crippen molar-refractivity contribution >= 4 is 35.2 Å². The van der Waals surface area contributed by atoms with Gasteiger partial charge in [-0.05, 0) is 69.8 Å². The van der Waals surface area contributed by atoms with E-state index >= 15 is 0 Å². The van der Waals surface area contributed by atoms with Gasteiger partial charge in [0.05, 0.1) is 11.6 Å². The lowest BCUT2D eigenvalue weighted by molar-refractivity contribution is -0.148. The topological polar surface area (TPSA) is 71.5 Å². The van der Waals surface area contributed by atoms with Gasteiger partial charge < -0.3 is 15.0 Å². The molecular weight excluding hydrogens is 414 g/mol. The lowest BCUT2D eigenvalue weighted by Gasteiger charge is -2.18. The van der Waals surface area contributed by atoms with Crippen molar-refractivity contribution in [1.82, 2.24) is 9.88 Å². The minimum absolute atomic E-state index is 0.0226. The Hall–Kier alpha value is -2.70. The van der Waals surface area contributed by atoms with Crippen molar-refractivity contribution in [2.45, 2.75) is 32.3 Å². The number of hydrogen-bond acceptors (Lipinski definition) is 5. The molecule has 1 N–H and O–H groups in total. The Balaban J connectivity index is 1.68. The molecule has 1 amide bonds. The first-order valence-corrected chi connectivity index (χ1v) is 10.6. The van der Waals surface area contributed by atoms with Crippen LogP contribution in [0.15, 0.2) is 48.7 Å². The van der Waals surface area contributed by atoms with E-state index in [-0.39, 0.29) is 17.7 Å². The largest absolute Gasteiger partial charge is 0.457 e. The third kappa shape index (κ3) is 6.64. The second-order valence-electron chi connectivity index (χ2n) is 8.81. The number of rotatable bonds is 5. The lowest BCUT2D eigenvalue weighted by Crippen LogP contribution is -2.28. The summed E-state index contributed by atoms with van der Waals surface area (Å²) in [7, 11) is 2.01. The van der Waals surface area contributed by atoms with Gasteiger partial charge in [-0.1, -0.05) is 17.7 Å². The van der Waals surface area contributed by atoms with E-state index in [9.17, 15) is 9.59 Å². The molecule has 2 atom stereocenters. The van der Waals surface area contributed by atoms with Gasteiger partial charge in [0, 0.05) is 42.0 Å². The van der Waals surface area contributed by atoms with Gasteiger partial charge in [0.1, 0.15) is 5.60 Å². The van der Waals surface area contributed by atoms with E-state index in [1.807, 2.05) is 40.0 Å². The maximum absolute atomic E-state index is 12.9. The fourth-order valence-corrected chi connectivity index (χ4v) is 3.72. The standard InChI is InChI=1S/C24H28ClN3O3/c1-24(2,3)31-22(29)12-11-18-8-5-16(13-26-18)20-14-28(4)15-21(20)23(30)27-19-9-6-17(25)7-10-19/h5-13,20-21H,14-15H2,1-4H3,(H,27,30)/b12-11+/t20-,21+/m1/s1. The van der Waals surface area contributed by atoms with Crippen LogP contribution < -0.4 is 5.32 Å². The van der Waals surface area contributed by atoms with Crippen molar-refractivity contribution in [1.29, 1.82) is 0 Å². The number of carbonyl (C=O) groups excluding carboxylic acids is 2. The van der Waals surface area contributed by atoms with Gasteiger partial charge in [-0.15, -0.1) is 0 Å². The van der Waals surface area contributed by atoms with Gasteiger partial charge in [-0.2, -0.15) is 0 Å². The number of ether oxygens (including phenoxy) is 1. The summed E-state index contributed by atoms with van der Waals surface area (Å²) in [4.78, 5) is 31.4. The maximum atomic E-state index is 12.9. The van der Waals surface area contributed by atoms with Gasteiger partial charge >= 0.3 is 5.97 Å². The molecule has 1 aliphatic rings. The molecule has 1 aromatic heterocycles. The number of likely N-dealkylation sites (tertiary alicyclic amines) is 1. The summed E-state index contributed by atoms with van der Waals surface area (Å²) in [5.41, 5.74) is 1.84. The molecule has 1 aromatic carbocycles. The zero-order chi connectivity index (χ0) is 22.6. The Labute approximate surface area is 188 Å². The molecule has 0 radical (unpaired) electrons. The number of benzene rings is 1. The molecule has 2 heterocycles. The summed E-state index contributed by atoms with van der Waals surface area (Å²) in [5.74, 6) is -0.584. The molecule has 2 aromatic rings. The number of pyridine rings is 1. The number of amides is 1. The lowest BCUT2D eigenvalue weighted by atomic mass is 9.89. The molecule has 0 bridgehead atoms. The number of nitrogens with one attached hydrogen (secondary N) is 1. The van der Waals surface area contributed by atoms with E-state index in [1.165, 1.54) is 6.08 Å². The fourth-order valence-electron chi connectivity index (χ4n) is 3.60. The van der Waals surface area contributed by atoms with Crippen LogP contribution in [0.2, 0.25) is 5.02 Å². The van der Waals surface area contributed by atoms with Gasteiger partial charge in [0.25, 0.3) is 0 Å². The summed E-state index contributed by atoms with van der Waals surface area (Å²) in [6, 6.07) is 10.9. The number of esters is 1. The maximum Gasteiger partial charge on any atom is 0.331 e. The molecule has 3 rings (SSSR count). The monoisotopic (exact) mass is 441 g/mol. The Morgan fingerprint density at radius 1 is 1.16 bits per heavy atom. The van der Waals surface area contributed by atoms with Crippen molar-refractivity contribution in [3.63, 3.8) is 0 Å². The Kier molecular flexibility index (Phi) is 7.13. The molecule has 31 heavy (non-hydrogen) atoms. The highest BCUT2D eigenvalue weighted by Crippen LogP contribution is 2.32. The van der Waals surface area contributed by atoms with Crippen LogP contribution in [-0.4, -0.2) is 47.5 Å². The summed E-state index contributed by atoms with van der Waals surface area (Å²) in [5, 5.41) is 3.61. The van der Waals surface area contributed by atoms with Crippen molar-refractivity contribution in [2.75, 3.05) is 25.5 Å². The third-order valence-corrected chi connectivity index (χ3v) is 5.24. The molecule has 6 nitrogen and oxygen atoms in total. The van der Waals surface area contributed by atoms with E-state index in [4.69, 9.17) is 16.3 Å². The Morgan fingerprint density at radius 3 is 2.48 bits per heavy atom. The van der Waals surface area contributed by atoms with Crippen molar-refractivity contribution < 1.29 is 14.3 Å². The summed E-state index contributed by atoms with van der Waals surface area (Å²) in [6.45, 7) is 6.91. The highest BCUT2D eigenvalue weighted by molar-refractivity contribution is 6.30. The minimum Gasteiger partial charge on any atom is -0.457 e. The highest BCUT2D eigenvalue weighted by atomic mass is 35.5. The summed E-state index contributed by atoms with van der Waals surface area (Å²) < 4.78 is 5.26. The number of anilines is 1. The number of carbonyl (C=O) groups is 2. The zero-order valence-corrected chi connectivity index (χ0v) is 19.0. The van der Waals surface area contributed by atoms with E-state index < -0.39 is 11.6 Å². The van der Waals surface area contributed by atoms with E-state index in [2.05, 4.69) is 15.2 Å². The van der Waals surface area contributed by atoms with Crippen LogP contribution in [0.5, 0.6) is 0 Å². The number of nitrogens with zero attached hydrogens (tertiary/aromatic N) is 2. The van der Waals surface area contributed by atoms with Crippen LogP contribution in [0.4, 0.5) is 5.69 Å². The Morgan fingerprint density at radius 2 is 1.87 bits per heavy atom. The van der Waals surface area contributed by atoms with Crippen LogP contribution in [0, 0.1) is 5.92 Å². The summed E-state index contributed by atoms with van der Waals surface area (Å²) >= 11 is 5.92. The molecule has 7 heteroatoms. The number of halogens is 1. The molecular formula is C24H28ClN3O3. The zero-order valence-electron chi connectivity index (χ0n) is 18.3. The molecule has 0 unspecified atom stereocenters. The summed E-state index contributed by atoms with van der Waals surface area (Å²) in [6.07, 6.45) is 4.78. The minimum atomic E-state index is -0.533. The first-order valence-electron chi connectivity index (χ1n) is 10.2. The quantitative estimate of drug-likeness (QED) is 0.551. The van der Waals surface area contributed by atoms with Crippen LogP contribution in [0.25, 0.3) is 6.08 Å². The van der Waals surface area contributed by atoms with E-state index in [0.717, 1.165) is 17.8 Å². The average molecular weight is 442 g/mol. The van der Waals surface area contributed by atoms with Gasteiger partial charge in [-0.25, -0.2) is 4.79 Å². The first kappa shape index (κ1) is 23.0. The highest BCUT2D eigenvalue weighted by Gasteiger charge is 2.37.